The van der Waals surface area contributed by atoms with E-state index in [-0.39, 0.29) is 19.5 Å². The summed E-state index contributed by atoms with van der Waals surface area (Å²) < 4.78 is 10.2. The number of methoxy groups -OCH3 is 2. The van der Waals surface area contributed by atoms with Gasteiger partial charge in [-0.25, -0.2) is 0 Å². The van der Waals surface area contributed by atoms with Crippen LogP contribution < -0.4 is 4.74 Å². The molecule has 0 heterocycles. The molecule has 80 valence electrons. The second-order valence-corrected chi connectivity index (χ2v) is 3.49. The number of aryl methyl sites for hydroxylation is 1. The minimum absolute atomic E-state index is 0. The number of benzene rings is 1. The Morgan fingerprint density at radius 1 is 1.27 bits per heavy atom. The number of ether oxygens (including phenoxy) is 2. The van der Waals surface area contributed by atoms with Crippen molar-refractivity contribution in [1.82, 2.24) is 0 Å². The third kappa shape index (κ3) is 4.97. The van der Waals surface area contributed by atoms with Crippen LogP contribution in [-0.4, -0.2) is 20.8 Å². The molecule has 0 N–H and O–H groups in total. The molecule has 0 spiro atoms. The first-order valence-corrected chi connectivity index (χ1v) is 4.97. The predicted molar refractivity (Wildman–Crippen MR) is 58.2 cm³/mol. The third-order valence-electron chi connectivity index (χ3n) is 2.04. The van der Waals surface area contributed by atoms with Crippen molar-refractivity contribution in [2.24, 2.45) is 0 Å². The van der Waals surface area contributed by atoms with Gasteiger partial charge in [0.25, 0.3) is 0 Å². The summed E-state index contributed by atoms with van der Waals surface area (Å²) in [6, 6.07) is 5.67. The minimum Gasteiger partial charge on any atom is -0.496 e. The van der Waals surface area contributed by atoms with Crippen LogP contribution in [-0.2, 0) is 30.6 Å². The molecule has 0 saturated heterocycles. The topological polar surface area (TPSA) is 18.5 Å². The van der Waals surface area contributed by atoms with Crippen LogP contribution in [0.1, 0.15) is 12.0 Å². The van der Waals surface area contributed by atoms with Crippen LogP contribution in [0.25, 0.3) is 0 Å². The Balaban J connectivity index is 0.00000196. The Bertz CT molecular complexity index is 292. The van der Waals surface area contributed by atoms with Crippen LogP contribution in [0.3, 0.4) is 0 Å². The van der Waals surface area contributed by atoms with Gasteiger partial charge in [-0.2, -0.15) is 0 Å². The van der Waals surface area contributed by atoms with Gasteiger partial charge in [0, 0.05) is 38.2 Å². The molecule has 0 aliphatic heterocycles. The van der Waals surface area contributed by atoms with E-state index in [9.17, 15) is 0 Å². The van der Waals surface area contributed by atoms with Crippen molar-refractivity contribution >= 4 is 11.6 Å². The fourth-order valence-electron chi connectivity index (χ4n) is 1.35. The maximum Gasteiger partial charge on any atom is 0.122 e. The quantitative estimate of drug-likeness (QED) is 0.610. The first-order chi connectivity index (χ1) is 6.77. The monoisotopic (exact) mass is 278 g/mol. The molecular weight excluding hydrogens is 265 g/mol. The van der Waals surface area contributed by atoms with Crippen LogP contribution >= 0.6 is 11.6 Å². The molecule has 0 bridgehead atoms. The molecule has 1 rings (SSSR count). The predicted octanol–water partition coefficient (Wildman–Crippen LogP) is 2.93. The van der Waals surface area contributed by atoms with E-state index in [0.717, 1.165) is 35.8 Å². The Labute approximate surface area is 109 Å². The molecule has 4 heteroatoms. The van der Waals surface area contributed by atoms with Crippen LogP contribution in [0.15, 0.2) is 18.2 Å². The summed E-state index contributed by atoms with van der Waals surface area (Å²) in [5.74, 6) is 0.894. The summed E-state index contributed by atoms with van der Waals surface area (Å²) in [5.41, 5.74) is 1.14. The van der Waals surface area contributed by atoms with E-state index in [0.29, 0.717) is 0 Å². The van der Waals surface area contributed by atoms with Crippen molar-refractivity contribution < 1.29 is 29.0 Å². The molecule has 0 saturated carbocycles. The van der Waals surface area contributed by atoms with Gasteiger partial charge in [-0.05, 0) is 36.6 Å². The van der Waals surface area contributed by atoms with Gasteiger partial charge < -0.3 is 9.47 Å². The first kappa shape index (κ1) is 14.9. The van der Waals surface area contributed by atoms with E-state index in [1.165, 1.54) is 0 Å². The molecule has 0 amide bonds. The van der Waals surface area contributed by atoms with Crippen LogP contribution in [0.2, 0.25) is 5.02 Å². The van der Waals surface area contributed by atoms with Crippen LogP contribution in [0, 0.1) is 0 Å². The average molecular weight is 280 g/mol. The number of halogens is 1. The van der Waals surface area contributed by atoms with Gasteiger partial charge in [-0.15, -0.1) is 0 Å². The van der Waals surface area contributed by atoms with E-state index in [4.69, 9.17) is 21.1 Å². The summed E-state index contributed by atoms with van der Waals surface area (Å²) in [6.07, 6.45) is 1.91. The van der Waals surface area contributed by atoms with Crippen molar-refractivity contribution in [1.29, 1.82) is 0 Å². The second kappa shape index (κ2) is 8.09. The second-order valence-electron chi connectivity index (χ2n) is 3.05. The third-order valence-corrected chi connectivity index (χ3v) is 2.27. The zero-order valence-electron chi connectivity index (χ0n) is 9.25. The number of rotatable bonds is 5. The first-order valence-electron chi connectivity index (χ1n) is 4.59. The van der Waals surface area contributed by atoms with Crippen molar-refractivity contribution in [2.75, 3.05) is 20.8 Å². The van der Waals surface area contributed by atoms with Crippen molar-refractivity contribution in [2.45, 2.75) is 12.8 Å². The molecule has 0 aliphatic rings. The Morgan fingerprint density at radius 2 is 2.00 bits per heavy atom. The van der Waals surface area contributed by atoms with Crippen molar-refractivity contribution in [3.05, 3.63) is 28.8 Å². The fourth-order valence-corrected chi connectivity index (χ4v) is 1.54. The van der Waals surface area contributed by atoms with Gasteiger partial charge in [0.2, 0.25) is 0 Å². The summed E-state index contributed by atoms with van der Waals surface area (Å²) in [5, 5.41) is 0.748. The van der Waals surface area contributed by atoms with Gasteiger partial charge in [0.15, 0.2) is 0 Å². The van der Waals surface area contributed by atoms with E-state index < -0.39 is 0 Å². The molecule has 0 radical (unpaired) electrons. The largest absolute Gasteiger partial charge is 0.496 e. The van der Waals surface area contributed by atoms with Crippen LogP contribution in [0.4, 0.5) is 0 Å². The van der Waals surface area contributed by atoms with Gasteiger partial charge in [-0.1, -0.05) is 11.6 Å². The summed E-state index contributed by atoms with van der Waals surface area (Å²) >= 11 is 5.90. The average Bonchev–Trinajstić information content (AvgIpc) is 2.19. The molecule has 0 unspecified atom stereocenters. The van der Waals surface area contributed by atoms with E-state index in [2.05, 4.69) is 0 Å². The molecule has 2 nitrogen and oxygen atoms in total. The van der Waals surface area contributed by atoms with Crippen molar-refractivity contribution in [3.8, 4) is 5.75 Å². The maximum absolute atomic E-state index is 5.90. The number of hydrogen-bond donors (Lipinski definition) is 0. The Morgan fingerprint density at radius 3 is 2.60 bits per heavy atom. The van der Waals surface area contributed by atoms with Crippen LogP contribution in [0.5, 0.6) is 5.75 Å². The van der Waals surface area contributed by atoms with E-state index >= 15 is 0 Å². The Hall–Kier alpha value is -0.107. The van der Waals surface area contributed by atoms with E-state index in [1.807, 2.05) is 18.2 Å². The van der Waals surface area contributed by atoms with E-state index in [1.54, 1.807) is 14.2 Å². The molecule has 0 atom stereocenters. The maximum atomic E-state index is 5.90. The van der Waals surface area contributed by atoms with Gasteiger partial charge in [-0.3, -0.25) is 0 Å². The standard InChI is InChI=1S/C11H15ClO2.Zn/c1-13-7-3-4-9-8-10(12)5-6-11(9)14-2;/h5-6,8H,3-4,7H2,1-2H3;. The molecule has 0 fully saturated rings. The van der Waals surface area contributed by atoms with Gasteiger partial charge in [0.05, 0.1) is 7.11 Å². The molecule has 1 aromatic rings. The van der Waals surface area contributed by atoms with Gasteiger partial charge in [0.1, 0.15) is 5.75 Å². The smallest absolute Gasteiger partial charge is 0.122 e. The zero-order valence-corrected chi connectivity index (χ0v) is 13.0. The summed E-state index contributed by atoms with van der Waals surface area (Å²) in [6.45, 7) is 0.760. The molecular formula is C11H15ClO2Zn. The molecule has 0 aromatic heterocycles. The van der Waals surface area contributed by atoms with Gasteiger partial charge >= 0.3 is 0 Å². The molecule has 1 aromatic carbocycles. The number of hydrogen-bond acceptors (Lipinski definition) is 2. The molecule has 0 aliphatic carbocycles. The van der Waals surface area contributed by atoms with Crippen molar-refractivity contribution in [3.63, 3.8) is 0 Å². The summed E-state index contributed by atoms with van der Waals surface area (Å²) in [7, 11) is 3.37. The summed E-state index contributed by atoms with van der Waals surface area (Å²) in [4.78, 5) is 0. The SMILES string of the molecule is COCCCc1cc(Cl)ccc1OC.[Zn]. The zero-order chi connectivity index (χ0) is 10.4. The normalized spacial score (nSPS) is 9.53. The molecule has 15 heavy (non-hydrogen) atoms. The minimum atomic E-state index is 0. The fraction of sp³-hybridized carbons (Fsp3) is 0.455. The Kier molecular flexibility index (Phi) is 8.04.